The summed E-state index contributed by atoms with van der Waals surface area (Å²) in [5, 5.41) is 6.61. The van der Waals surface area contributed by atoms with Crippen LogP contribution in [0.25, 0.3) is 0 Å². The number of aromatic nitrogens is 2. The number of aryl methyl sites for hydroxylation is 1. The molecular formula is C15H18BrN3O3. The van der Waals surface area contributed by atoms with E-state index < -0.39 is 0 Å². The maximum Gasteiger partial charge on any atom is 0.258 e. The Morgan fingerprint density at radius 2 is 2.05 bits per heavy atom. The Balaban J connectivity index is 1.92. The zero-order valence-electron chi connectivity index (χ0n) is 12.7. The molecule has 0 fully saturated rings. The van der Waals surface area contributed by atoms with Gasteiger partial charge in [0.25, 0.3) is 5.91 Å². The summed E-state index contributed by atoms with van der Waals surface area (Å²) >= 11 is 3.34. The van der Waals surface area contributed by atoms with E-state index in [2.05, 4.69) is 31.4 Å². The van der Waals surface area contributed by atoms with Crippen molar-refractivity contribution in [2.75, 3.05) is 6.61 Å². The molecule has 0 spiro atoms. The number of nitrogens with one attached hydrogen (secondary N) is 1. The zero-order valence-corrected chi connectivity index (χ0v) is 14.3. The fraction of sp³-hybridized carbons (Fsp3) is 0.400. The number of carbonyl (C=O) groups is 1. The molecule has 0 saturated carbocycles. The summed E-state index contributed by atoms with van der Waals surface area (Å²) < 4.78 is 11.5. The monoisotopic (exact) mass is 367 g/mol. The number of carbonyl (C=O) groups excluding carboxylic acids is 1. The minimum atomic E-state index is -0.331. The van der Waals surface area contributed by atoms with Crippen molar-refractivity contribution in [3.63, 3.8) is 0 Å². The third-order valence-corrected chi connectivity index (χ3v) is 3.50. The summed E-state index contributed by atoms with van der Waals surface area (Å²) in [6, 6.07) is 6.95. The minimum absolute atomic E-state index is 0.0715. The molecule has 0 aliphatic heterocycles. The van der Waals surface area contributed by atoms with Gasteiger partial charge in [0.1, 0.15) is 11.8 Å². The first-order valence-corrected chi connectivity index (χ1v) is 7.73. The van der Waals surface area contributed by atoms with Crippen LogP contribution in [0, 0.1) is 12.8 Å². The number of rotatable bonds is 6. The molecule has 1 aromatic carbocycles. The standard InChI is InChI=1S/C15H18BrN3O3/c1-9(2)14(15-17-10(3)19-22-15)18-13(20)8-21-12-6-4-11(16)5-7-12/h4-7,9,14H,8H2,1-3H3,(H,18,20). The van der Waals surface area contributed by atoms with Gasteiger partial charge in [-0.2, -0.15) is 4.98 Å². The van der Waals surface area contributed by atoms with Gasteiger partial charge < -0.3 is 14.6 Å². The van der Waals surface area contributed by atoms with Crippen LogP contribution in [0.3, 0.4) is 0 Å². The van der Waals surface area contributed by atoms with Crippen molar-refractivity contribution in [3.05, 3.63) is 40.5 Å². The molecule has 2 aromatic rings. The Bertz CT molecular complexity index is 625. The summed E-state index contributed by atoms with van der Waals surface area (Å²) in [5.41, 5.74) is 0. The molecule has 0 bridgehead atoms. The number of hydrogen-bond donors (Lipinski definition) is 1. The molecule has 2 rings (SSSR count). The molecule has 0 radical (unpaired) electrons. The van der Waals surface area contributed by atoms with Gasteiger partial charge in [0.15, 0.2) is 12.4 Å². The normalized spacial score (nSPS) is 12.2. The smallest absolute Gasteiger partial charge is 0.258 e. The average Bonchev–Trinajstić information content (AvgIpc) is 2.90. The number of nitrogens with zero attached hydrogens (tertiary/aromatic N) is 2. The Kier molecular flexibility index (Phi) is 5.54. The van der Waals surface area contributed by atoms with E-state index in [1.54, 1.807) is 19.1 Å². The van der Waals surface area contributed by atoms with Crippen molar-refractivity contribution >= 4 is 21.8 Å². The molecule has 0 aliphatic carbocycles. The SMILES string of the molecule is Cc1noc(C(NC(=O)COc2ccc(Br)cc2)C(C)C)n1. The third kappa shape index (κ3) is 4.56. The Labute approximate surface area is 137 Å². The molecule has 1 unspecified atom stereocenters. The van der Waals surface area contributed by atoms with E-state index in [1.807, 2.05) is 26.0 Å². The number of ether oxygens (including phenoxy) is 1. The van der Waals surface area contributed by atoms with Gasteiger partial charge in [-0.1, -0.05) is 34.9 Å². The van der Waals surface area contributed by atoms with Crippen molar-refractivity contribution in [3.8, 4) is 5.75 Å². The van der Waals surface area contributed by atoms with Crippen molar-refractivity contribution in [2.45, 2.75) is 26.8 Å². The lowest BCUT2D eigenvalue weighted by Gasteiger charge is -2.18. The predicted octanol–water partition coefficient (Wildman–Crippen LogP) is 3.03. The van der Waals surface area contributed by atoms with Crippen molar-refractivity contribution in [1.82, 2.24) is 15.5 Å². The second-order valence-corrected chi connectivity index (χ2v) is 6.13. The Morgan fingerprint density at radius 1 is 1.36 bits per heavy atom. The topological polar surface area (TPSA) is 77.2 Å². The number of benzene rings is 1. The molecular weight excluding hydrogens is 350 g/mol. The third-order valence-electron chi connectivity index (χ3n) is 2.98. The zero-order chi connectivity index (χ0) is 16.1. The molecule has 0 aliphatic rings. The van der Waals surface area contributed by atoms with Gasteiger partial charge in [-0.25, -0.2) is 0 Å². The summed E-state index contributed by atoms with van der Waals surface area (Å²) in [6.45, 7) is 5.61. The highest BCUT2D eigenvalue weighted by molar-refractivity contribution is 9.10. The van der Waals surface area contributed by atoms with Crippen LogP contribution >= 0.6 is 15.9 Å². The fourth-order valence-electron chi connectivity index (χ4n) is 1.85. The molecule has 0 saturated heterocycles. The minimum Gasteiger partial charge on any atom is -0.484 e. The van der Waals surface area contributed by atoms with Crippen molar-refractivity contribution in [1.29, 1.82) is 0 Å². The van der Waals surface area contributed by atoms with Crippen LogP contribution in [-0.4, -0.2) is 22.7 Å². The summed E-state index contributed by atoms with van der Waals surface area (Å²) in [4.78, 5) is 16.2. The van der Waals surface area contributed by atoms with Crippen LogP contribution in [0.2, 0.25) is 0 Å². The van der Waals surface area contributed by atoms with E-state index >= 15 is 0 Å². The first-order chi connectivity index (χ1) is 10.5. The van der Waals surface area contributed by atoms with E-state index in [9.17, 15) is 4.79 Å². The lowest BCUT2D eigenvalue weighted by molar-refractivity contribution is -0.124. The average molecular weight is 368 g/mol. The fourth-order valence-corrected chi connectivity index (χ4v) is 2.11. The maximum atomic E-state index is 12.0. The van der Waals surface area contributed by atoms with E-state index in [-0.39, 0.29) is 24.5 Å². The molecule has 1 atom stereocenters. The molecule has 118 valence electrons. The van der Waals surface area contributed by atoms with Crippen LogP contribution < -0.4 is 10.1 Å². The highest BCUT2D eigenvalue weighted by Crippen LogP contribution is 2.20. The van der Waals surface area contributed by atoms with Crippen molar-refractivity contribution in [2.24, 2.45) is 5.92 Å². The van der Waals surface area contributed by atoms with E-state index in [0.717, 1.165) is 4.47 Å². The van der Waals surface area contributed by atoms with Crippen LogP contribution in [-0.2, 0) is 4.79 Å². The van der Waals surface area contributed by atoms with Crippen LogP contribution in [0.5, 0.6) is 5.75 Å². The quantitative estimate of drug-likeness (QED) is 0.848. The number of halogens is 1. The van der Waals surface area contributed by atoms with Gasteiger partial charge in [-0.05, 0) is 37.1 Å². The summed E-state index contributed by atoms with van der Waals surface area (Å²) in [5.74, 6) is 1.47. The predicted molar refractivity (Wildman–Crippen MR) is 84.4 cm³/mol. The molecule has 1 heterocycles. The Hall–Kier alpha value is -1.89. The van der Waals surface area contributed by atoms with E-state index in [0.29, 0.717) is 17.5 Å². The van der Waals surface area contributed by atoms with Gasteiger partial charge in [-0.3, -0.25) is 4.79 Å². The molecule has 1 amide bonds. The highest BCUT2D eigenvalue weighted by Gasteiger charge is 2.24. The first kappa shape index (κ1) is 16.5. The lowest BCUT2D eigenvalue weighted by Crippen LogP contribution is -2.35. The summed E-state index contributed by atoms with van der Waals surface area (Å²) in [6.07, 6.45) is 0. The van der Waals surface area contributed by atoms with Gasteiger partial charge >= 0.3 is 0 Å². The van der Waals surface area contributed by atoms with Crippen molar-refractivity contribution < 1.29 is 14.1 Å². The Morgan fingerprint density at radius 3 is 2.59 bits per heavy atom. The summed E-state index contributed by atoms with van der Waals surface area (Å²) in [7, 11) is 0. The molecule has 1 aromatic heterocycles. The largest absolute Gasteiger partial charge is 0.484 e. The number of hydrogen-bond acceptors (Lipinski definition) is 5. The van der Waals surface area contributed by atoms with Gasteiger partial charge in [0.05, 0.1) is 0 Å². The highest BCUT2D eigenvalue weighted by atomic mass is 79.9. The van der Waals surface area contributed by atoms with Gasteiger partial charge in [0, 0.05) is 4.47 Å². The molecule has 22 heavy (non-hydrogen) atoms. The van der Waals surface area contributed by atoms with Crippen LogP contribution in [0.1, 0.15) is 31.6 Å². The molecule has 7 heteroatoms. The first-order valence-electron chi connectivity index (χ1n) is 6.93. The molecule has 1 N–H and O–H groups in total. The van der Waals surface area contributed by atoms with E-state index in [1.165, 1.54) is 0 Å². The number of amides is 1. The second-order valence-electron chi connectivity index (χ2n) is 5.21. The lowest BCUT2D eigenvalue weighted by atomic mass is 10.0. The van der Waals surface area contributed by atoms with Gasteiger partial charge in [-0.15, -0.1) is 0 Å². The van der Waals surface area contributed by atoms with Crippen LogP contribution in [0.4, 0.5) is 0 Å². The van der Waals surface area contributed by atoms with Crippen LogP contribution in [0.15, 0.2) is 33.3 Å². The van der Waals surface area contributed by atoms with Gasteiger partial charge in [0.2, 0.25) is 5.89 Å². The molecule has 6 nitrogen and oxygen atoms in total. The second kappa shape index (κ2) is 7.40. The van der Waals surface area contributed by atoms with E-state index in [4.69, 9.17) is 9.26 Å². The maximum absolute atomic E-state index is 12.0.